The van der Waals surface area contributed by atoms with Gasteiger partial charge in [-0.1, -0.05) is 58.4 Å². The number of anilines is 1. The summed E-state index contributed by atoms with van der Waals surface area (Å²) in [5.74, 6) is -0.0403. The Morgan fingerprint density at radius 1 is 1.10 bits per heavy atom. The van der Waals surface area contributed by atoms with Crippen molar-refractivity contribution in [3.63, 3.8) is 0 Å². The van der Waals surface area contributed by atoms with E-state index < -0.39 is 0 Å². The van der Waals surface area contributed by atoms with Crippen LogP contribution in [0, 0.1) is 10.1 Å². The van der Waals surface area contributed by atoms with Crippen molar-refractivity contribution in [3.05, 3.63) is 75.6 Å². The summed E-state index contributed by atoms with van der Waals surface area (Å²) in [7, 11) is 3.73. The van der Waals surface area contributed by atoms with Gasteiger partial charge in [0.05, 0.1) is 10.6 Å². The van der Waals surface area contributed by atoms with Crippen LogP contribution < -0.4 is 10.6 Å². The molecule has 9 heteroatoms. The molecular formula is C33H46N6O3. The quantitative estimate of drug-likeness (QED) is 0.220. The molecule has 2 aromatic carbocycles. The number of unbranched alkanes of at least 4 members (excludes halogenated alkanes) is 1. The molecule has 0 atom stereocenters. The summed E-state index contributed by atoms with van der Waals surface area (Å²) < 4.78 is 1.69. The van der Waals surface area contributed by atoms with E-state index in [9.17, 15) is 14.9 Å². The fourth-order valence-corrected chi connectivity index (χ4v) is 5.69. The molecule has 0 saturated heterocycles. The molecule has 0 radical (unpaired) electrons. The van der Waals surface area contributed by atoms with E-state index in [-0.39, 0.29) is 34.0 Å². The van der Waals surface area contributed by atoms with E-state index >= 15 is 0 Å². The molecule has 1 aromatic heterocycles. The van der Waals surface area contributed by atoms with E-state index in [0.29, 0.717) is 17.9 Å². The Kier molecular flexibility index (Phi) is 9.71. The lowest BCUT2D eigenvalue weighted by Gasteiger charge is -2.36. The maximum atomic E-state index is 14.1. The number of nitrogens with zero attached hydrogens (tertiary/aromatic N) is 5. The second-order valence-corrected chi connectivity index (χ2v) is 12.7. The maximum Gasteiger partial charge on any atom is 0.293 e. The highest BCUT2D eigenvalue weighted by Gasteiger charge is 2.31. The highest BCUT2D eigenvalue weighted by Crippen LogP contribution is 2.34. The lowest BCUT2D eigenvalue weighted by molar-refractivity contribution is -0.384. The van der Waals surface area contributed by atoms with Crippen LogP contribution in [0.1, 0.15) is 88.0 Å². The first-order chi connectivity index (χ1) is 19.9. The molecule has 226 valence electrons. The first-order valence-corrected chi connectivity index (χ1v) is 15.1. The molecule has 0 aliphatic heterocycles. The number of aromatic nitrogens is 2. The predicted molar refractivity (Wildman–Crippen MR) is 169 cm³/mol. The number of benzene rings is 2. The number of rotatable bonds is 10. The third-order valence-corrected chi connectivity index (χ3v) is 8.35. The topological polar surface area (TPSA) is 111 Å². The number of carbonyl (C=O) groups excluding carboxylic acids is 1. The number of hydrogen-bond acceptors (Lipinski definition) is 6. The van der Waals surface area contributed by atoms with Crippen molar-refractivity contribution in [3.8, 4) is 11.1 Å². The molecule has 0 unspecified atom stereocenters. The van der Waals surface area contributed by atoms with Gasteiger partial charge in [-0.3, -0.25) is 19.6 Å². The normalized spacial score (nSPS) is 17.2. The van der Waals surface area contributed by atoms with Crippen molar-refractivity contribution in [2.75, 3.05) is 18.5 Å². The van der Waals surface area contributed by atoms with Gasteiger partial charge in [0.1, 0.15) is 11.4 Å². The van der Waals surface area contributed by atoms with Crippen LogP contribution in [-0.2, 0) is 19.0 Å². The van der Waals surface area contributed by atoms with Crippen LogP contribution in [0.15, 0.2) is 48.5 Å². The van der Waals surface area contributed by atoms with Crippen molar-refractivity contribution in [1.82, 2.24) is 14.7 Å². The summed E-state index contributed by atoms with van der Waals surface area (Å²) in [6, 6.07) is 15.6. The van der Waals surface area contributed by atoms with Crippen molar-refractivity contribution in [2.24, 2.45) is 12.8 Å². The SMILES string of the molecule is CCCCN(C)c1ccc(-c2cccc(CN(C(=O)c3cc(C(C)(C)C)nn3C)C3CCC(N)CC3)c2)cc1[N+](=O)[O-]. The molecule has 0 bridgehead atoms. The van der Waals surface area contributed by atoms with E-state index in [1.54, 1.807) is 10.7 Å². The van der Waals surface area contributed by atoms with Gasteiger partial charge in [-0.25, -0.2) is 0 Å². The molecule has 1 heterocycles. The van der Waals surface area contributed by atoms with Gasteiger partial charge >= 0.3 is 0 Å². The van der Waals surface area contributed by atoms with Crippen LogP contribution in [0.4, 0.5) is 11.4 Å². The Labute approximate surface area is 249 Å². The molecule has 1 aliphatic carbocycles. The first-order valence-electron chi connectivity index (χ1n) is 15.1. The molecule has 1 saturated carbocycles. The summed E-state index contributed by atoms with van der Waals surface area (Å²) in [6.45, 7) is 9.58. The number of nitro benzene ring substituents is 1. The average Bonchev–Trinajstić information content (AvgIpc) is 3.37. The Morgan fingerprint density at radius 2 is 1.79 bits per heavy atom. The van der Waals surface area contributed by atoms with Gasteiger partial charge in [0.25, 0.3) is 11.6 Å². The van der Waals surface area contributed by atoms with Crippen molar-refractivity contribution in [1.29, 1.82) is 0 Å². The zero-order valence-corrected chi connectivity index (χ0v) is 26.0. The van der Waals surface area contributed by atoms with Gasteiger partial charge in [-0.2, -0.15) is 5.10 Å². The summed E-state index contributed by atoms with van der Waals surface area (Å²) in [5.41, 5.74) is 10.8. The summed E-state index contributed by atoms with van der Waals surface area (Å²) >= 11 is 0. The highest BCUT2D eigenvalue weighted by atomic mass is 16.6. The monoisotopic (exact) mass is 574 g/mol. The molecule has 4 rings (SSSR count). The Balaban J connectivity index is 1.65. The Morgan fingerprint density at radius 3 is 2.40 bits per heavy atom. The molecule has 1 amide bonds. The third-order valence-electron chi connectivity index (χ3n) is 8.35. The van der Waals surface area contributed by atoms with E-state index in [1.165, 1.54) is 0 Å². The molecule has 0 spiro atoms. The summed E-state index contributed by atoms with van der Waals surface area (Å²) in [6.07, 6.45) is 5.47. The van der Waals surface area contributed by atoms with Crippen LogP contribution >= 0.6 is 0 Å². The fourth-order valence-electron chi connectivity index (χ4n) is 5.69. The van der Waals surface area contributed by atoms with Gasteiger partial charge in [-0.15, -0.1) is 0 Å². The molecule has 2 N–H and O–H groups in total. The Bertz CT molecular complexity index is 1400. The smallest absolute Gasteiger partial charge is 0.293 e. The zero-order chi connectivity index (χ0) is 30.6. The van der Waals surface area contributed by atoms with Gasteiger partial charge in [-0.05, 0) is 67.0 Å². The summed E-state index contributed by atoms with van der Waals surface area (Å²) in [4.78, 5) is 29.7. The number of hydrogen-bond donors (Lipinski definition) is 1. The number of nitrogens with two attached hydrogens (primary N) is 1. The van der Waals surface area contributed by atoms with Crippen molar-refractivity contribution < 1.29 is 9.72 Å². The second kappa shape index (κ2) is 13.1. The van der Waals surface area contributed by atoms with Crippen LogP contribution in [0.2, 0.25) is 0 Å². The van der Waals surface area contributed by atoms with Crippen molar-refractivity contribution >= 4 is 17.3 Å². The number of nitro groups is 1. The van der Waals surface area contributed by atoms with Crippen LogP contribution in [0.5, 0.6) is 0 Å². The second-order valence-electron chi connectivity index (χ2n) is 12.7. The molecule has 1 aliphatic rings. The third kappa shape index (κ3) is 7.18. The van der Waals surface area contributed by atoms with Gasteiger partial charge in [0.15, 0.2) is 0 Å². The van der Waals surface area contributed by atoms with E-state index in [1.807, 2.05) is 66.4 Å². The van der Waals surface area contributed by atoms with E-state index in [4.69, 9.17) is 5.73 Å². The molecule has 3 aromatic rings. The average molecular weight is 575 g/mol. The van der Waals surface area contributed by atoms with Gasteiger partial charge in [0.2, 0.25) is 0 Å². The van der Waals surface area contributed by atoms with Gasteiger partial charge in [0, 0.05) is 50.7 Å². The minimum absolute atomic E-state index is 0.0403. The molecule has 9 nitrogen and oxygen atoms in total. The fraction of sp³-hybridized carbons (Fsp3) is 0.515. The maximum absolute atomic E-state index is 14.1. The minimum Gasteiger partial charge on any atom is -0.369 e. The minimum atomic E-state index is -0.306. The zero-order valence-electron chi connectivity index (χ0n) is 26.0. The standard InChI is InChI=1S/C33H46N6O3/c1-7-8-18-36(5)28-17-12-25(20-29(28)39(41)42)24-11-9-10-23(19-24)22-38(27-15-13-26(34)14-16-27)32(40)30-21-31(33(2,3)4)35-37(30)6/h9-12,17,19-21,26-27H,7-8,13-16,18,22,34H2,1-6H3. The van der Waals surface area contributed by atoms with E-state index in [2.05, 4.69) is 32.8 Å². The largest absolute Gasteiger partial charge is 0.369 e. The van der Waals surface area contributed by atoms with Gasteiger partial charge < -0.3 is 15.5 Å². The first kappa shape index (κ1) is 31.2. The van der Waals surface area contributed by atoms with Crippen LogP contribution in [0.3, 0.4) is 0 Å². The molecule has 42 heavy (non-hydrogen) atoms. The predicted octanol–water partition coefficient (Wildman–Crippen LogP) is 6.44. The number of amides is 1. The number of carbonyl (C=O) groups is 1. The summed E-state index contributed by atoms with van der Waals surface area (Å²) in [5, 5.41) is 16.7. The Hall–Kier alpha value is -3.72. The lowest BCUT2D eigenvalue weighted by Crippen LogP contribution is -2.44. The molecule has 1 fully saturated rings. The molecular weight excluding hydrogens is 528 g/mol. The number of aryl methyl sites for hydroxylation is 1. The van der Waals surface area contributed by atoms with Crippen molar-refractivity contribution in [2.45, 2.75) is 90.3 Å². The van der Waals surface area contributed by atoms with E-state index in [0.717, 1.165) is 67.5 Å². The van der Waals surface area contributed by atoms with Crippen LogP contribution in [0.25, 0.3) is 11.1 Å². The highest BCUT2D eigenvalue weighted by molar-refractivity contribution is 5.93. The van der Waals surface area contributed by atoms with Crippen LogP contribution in [-0.4, -0.2) is 51.2 Å². The lowest BCUT2D eigenvalue weighted by atomic mass is 9.90.